The molecule has 26 heavy (non-hydrogen) atoms. The molecule has 1 N–H and O–H groups in total. The van der Waals surface area contributed by atoms with Crippen molar-refractivity contribution in [1.29, 1.82) is 0 Å². The number of carbonyl (C=O) groups excluding carboxylic acids is 1. The molecule has 0 fully saturated rings. The van der Waals surface area contributed by atoms with Gasteiger partial charge in [0.2, 0.25) is 5.89 Å². The van der Waals surface area contributed by atoms with Gasteiger partial charge in [-0.15, -0.1) is 5.10 Å². The molecule has 0 aliphatic heterocycles. The number of hydrogen-bond acceptors (Lipinski definition) is 6. The van der Waals surface area contributed by atoms with Crippen LogP contribution in [0.5, 0.6) is 0 Å². The van der Waals surface area contributed by atoms with Gasteiger partial charge in [-0.1, -0.05) is 28.3 Å². The number of carbonyl (C=O) groups is 1. The highest BCUT2D eigenvalue weighted by Gasteiger charge is 2.15. The lowest BCUT2D eigenvalue weighted by atomic mass is 10.2. The molecule has 0 saturated carbocycles. The lowest BCUT2D eigenvalue weighted by Crippen LogP contribution is -2.12. The van der Waals surface area contributed by atoms with E-state index in [0.29, 0.717) is 15.6 Å². The Bertz CT molecular complexity index is 1060. The fourth-order valence-corrected chi connectivity index (χ4v) is 3.25. The van der Waals surface area contributed by atoms with Crippen molar-refractivity contribution in [1.82, 2.24) is 10.2 Å². The zero-order valence-electron chi connectivity index (χ0n) is 13.2. The fraction of sp³-hybridized carbons (Fsp3) is 0.0625. The first kappa shape index (κ1) is 18.4. The Morgan fingerprint density at radius 2 is 1.65 bits per heavy atom. The summed E-state index contributed by atoms with van der Waals surface area (Å²) in [7, 11) is -3.33. The molecule has 2 aromatic carbocycles. The van der Waals surface area contributed by atoms with E-state index in [1.165, 1.54) is 24.3 Å². The smallest absolute Gasteiger partial charge is 0.322 e. The molecule has 7 nitrogen and oxygen atoms in total. The van der Waals surface area contributed by atoms with Gasteiger partial charge in [0.25, 0.3) is 5.91 Å². The lowest BCUT2D eigenvalue weighted by Gasteiger charge is -2.02. The van der Waals surface area contributed by atoms with Crippen molar-refractivity contribution in [2.45, 2.75) is 4.90 Å². The number of amides is 1. The number of benzene rings is 2. The van der Waals surface area contributed by atoms with E-state index in [1.54, 1.807) is 18.2 Å². The monoisotopic (exact) mass is 411 g/mol. The van der Waals surface area contributed by atoms with Crippen LogP contribution >= 0.6 is 23.2 Å². The number of rotatable bonds is 4. The number of aromatic nitrogens is 2. The van der Waals surface area contributed by atoms with Gasteiger partial charge < -0.3 is 4.42 Å². The highest BCUT2D eigenvalue weighted by molar-refractivity contribution is 7.90. The van der Waals surface area contributed by atoms with Gasteiger partial charge in [0.05, 0.1) is 4.90 Å². The summed E-state index contributed by atoms with van der Waals surface area (Å²) in [6.45, 7) is 0. The van der Waals surface area contributed by atoms with Crippen LogP contribution in [0.2, 0.25) is 10.0 Å². The first-order valence-corrected chi connectivity index (χ1v) is 9.78. The number of nitrogens with zero attached hydrogens (tertiary/aromatic N) is 2. The minimum absolute atomic E-state index is 0.117. The maximum Gasteiger partial charge on any atom is 0.322 e. The summed E-state index contributed by atoms with van der Waals surface area (Å²) in [6.07, 6.45) is 1.09. The third-order valence-electron chi connectivity index (χ3n) is 3.30. The van der Waals surface area contributed by atoms with E-state index in [9.17, 15) is 13.2 Å². The average Bonchev–Trinajstić information content (AvgIpc) is 3.02. The third-order valence-corrected chi connectivity index (χ3v) is 4.86. The Morgan fingerprint density at radius 3 is 2.23 bits per heavy atom. The average molecular weight is 412 g/mol. The van der Waals surface area contributed by atoms with E-state index < -0.39 is 15.7 Å². The van der Waals surface area contributed by atoms with Gasteiger partial charge in [-0.05, 0) is 42.5 Å². The molecule has 3 rings (SSSR count). The molecule has 0 aliphatic rings. The third kappa shape index (κ3) is 4.21. The molecule has 0 aliphatic carbocycles. The van der Waals surface area contributed by atoms with Gasteiger partial charge in [0.1, 0.15) is 0 Å². The predicted octanol–water partition coefficient (Wildman–Crippen LogP) is 3.70. The summed E-state index contributed by atoms with van der Waals surface area (Å²) in [6, 6.07) is 10.1. The number of nitrogens with one attached hydrogen (secondary N) is 1. The molecule has 0 spiro atoms. The van der Waals surface area contributed by atoms with Crippen molar-refractivity contribution < 1.29 is 17.6 Å². The number of anilines is 1. The normalized spacial score (nSPS) is 11.3. The van der Waals surface area contributed by atoms with Gasteiger partial charge in [-0.3, -0.25) is 10.1 Å². The van der Waals surface area contributed by atoms with Crippen molar-refractivity contribution in [3.05, 3.63) is 58.1 Å². The minimum Gasteiger partial charge on any atom is -0.403 e. The molecule has 134 valence electrons. The Kier molecular flexibility index (Phi) is 4.99. The minimum atomic E-state index is -3.33. The van der Waals surface area contributed by atoms with Crippen LogP contribution in [0, 0.1) is 0 Å². The summed E-state index contributed by atoms with van der Waals surface area (Å²) in [5.74, 6) is -0.387. The van der Waals surface area contributed by atoms with Crippen LogP contribution in [-0.2, 0) is 9.84 Å². The van der Waals surface area contributed by atoms with Crippen LogP contribution in [0.3, 0.4) is 0 Å². The van der Waals surface area contributed by atoms with Gasteiger partial charge in [0, 0.05) is 27.4 Å². The molecular weight excluding hydrogens is 401 g/mol. The van der Waals surface area contributed by atoms with Gasteiger partial charge in [0.15, 0.2) is 9.84 Å². The zero-order valence-corrected chi connectivity index (χ0v) is 15.6. The molecule has 10 heteroatoms. The van der Waals surface area contributed by atoms with Crippen LogP contribution < -0.4 is 5.32 Å². The molecule has 0 atom stereocenters. The SMILES string of the molecule is CS(=O)(=O)c1ccc(C(=O)Nc2nnc(-c3cc(Cl)cc(Cl)c3)o2)cc1. The van der Waals surface area contributed by atoms with E-state index in [-0.39, 0.29) is 22.4 Å². The summed E-state index contributed by atoms with van der Waals surface area (Å²) < 4.78 is 28.3. The molecule has 1 heterocycles. The lowest BCUT2D eigenvalue weighted by molar-refractivity contribution is 0.102. The van der Waals surface area contributed by atoms with E-state index in [4.69, 9.17) is 27.6 Å². The molecule has 3 aromatic rings. The van der Waals surface area contributed by atoms with Crippen LogP contribution in [0.1, 0.15) is 10.4 Å². The number of sulfone groups is 1. The Hall–Kier alpha value is -2.42. The Labute approximate surface area is 158 Å². The quantitative estimate of drug-likeness (QED) is 0.701. The highest BCUT2D eigenvalue weighted by Crippen LogP contribution is 2.27. The highest BCUT2D eigenvalue weighted by atomic mass is 35.5. The van der Waals surface area contributed by atoms with Crippen molar-refractivity contribution in [3.63, 3.8) is 0 Å². The van der Waals surface area contributed by atoms with E-state index in [0.717, 1.165) is 6.26 Å². The summed E-state index contributed by atoms with van der Waals surface area (Å²) in [5, 5.41) is 10.8. The molecule has 1 aromatic heterocycles. The van der Waals surface area contributed by atoms with Crippen LogP contribution in [0.15, 0.2) is 51.8 Å². The molecular formula is C16H11Cl2N3O4S. The maximum absolute atomic E-state index is 12.2. The molecule has 0 unspecified atom stereocenters. The summed E-state index contributed by atoms with van der Waals surface area (Å²) in [5.41, 5.74) is 0.746. The molecule has 0 radical (unpaired) electrons. The largest absolute Gasteiger partial charge is 0.403 e. The standard InChI is InChI=1S/C16H11Cl2N3O4S/c1-26(23,24)13-4-2-9(3-5-13)14(22)19-16-21-20-15(25-16)10-6-11(17)8-12(18)7-10/h2-8H,1H3,(H,19,21,22). The van der Waals surface area contributed by atoms with Crippen LogP contribution in [0.25, 0.3) is 11.5 Å². The number of hydrogen-bond donors (Lipinski definition) is 1. The second-order valence-corrected chi connectivity index (χ2v) is 8.21. The first-order chi connectivity index (χ1) is 12.2. The van der Waals surface area contributed by atoms with Gasteiger partial charge in [-0.2, -0.15) is 0 Å². The van der Waals surface area contributed by atoms with Crippen molar-refractivity contribution in [2.75, 3.05) is 11.6 Å². The molecule has 0 saturated heterocycles. The van der Waals surface area contributed by atoms with Gasteiger partial charge in [-0.25, -0.2) is 8.42 Å². The predicted molar refractivity (Wildman–Crippen MR) is 97.3 cm³/mol. The Balaban J connectivity index is 1.77. The topological polar surface area (TPSA) is 102 Å². The number of halogens is 2. The van der Waals surface area contributed by atoms with Crippen LogP contribution in [-0.4, -0.2) is 30.8 Å². The first-order valence-electron chi connectivity index (χ1n) is 7.14. The summed E-state index contributed by atoms with van der Waals surface area (Å²) >= 11 is 11.9. The van der Waals surface area contributed by atoms with Crippen molar-refractivity contribution >= 4 is 45.0 Å². The van der Waals surface area contributed by atoms with E-state index in [2.05, 4.69) is 15.5 Å². The Morgan fingerprint density at radius 1 is 1.04 bits per heavy atom. The maximum atomic E-state index is 12.2. The van der Waals surface area contributed by atoms with Crippen LogP contribution in [0.4, 0.5) is 6.01 Å². The van der Waals surface area contributed by atoms with Crippen molar-refractivity contribution in [2.24, 2.45) is 0 Å². The van der Waals surface area contributed by atoms with Crippen molar-refractivity contribution in [3.8, 4) is 11.5 Å². The van der Waals surface area contributed by atoms with E-state index >= 15 is 0 Å². The molecule has 0 bridgehead atoms. The molecule has 1 amide bonds. The second kappa shape index (κ2) is 7.06. The zero-order chi connectivity index (χ0) is 18.9. The second-order valence-electron chi connectivity index (χ2n) is 5.32. The van der Waals surface area contributed by atoms with Gasteiger partial charge >= 0.3 is 6.01 Å². The fourth-order valence-electron chi connectivity index (χ4n) is 2.09. The summed E-state index contributed by atoms with van der Waals surface area (Å²) in [4.78, 5) is 12.3. The van der Waals surface area contributed by atoms with E-state index in [1.807, 2.05) is 0 Å².